The van der Waals surface area contributed by atoms with Gasteiger partial charge in [0.2, 0.25) is 0 Å². The Labute approximate surface area is 180 Å². The van der Waals surface area contributed by atoms with Gasteiger partial charge in [-0.3, -0.25) is 9.69 Å². The number of likely N-dealkylation sites (tertiary alicyclic amines) is 1. The van der Waals surface area contributed by atoms with E-state index in [2.05, 4.69) is 34.3 Å². The molecule has 0 spiro atoms. The van der Waals surface area contributed by atoms with E-state index in [1.165, 1.54) is 37.9 Å². The first-order valence-corrected chi connectivity index (χ1v) is 11.2. The summed E-state index contributed by atoms with van der Waals surface area (Å²) in [7, 11) is 0. The van der Waals surface area contributed by atoms with Crippen LogP contribution in [-0.4, -0.2) is 52.7 Å². The maximum atomic E-state index is 12.7. The van der Waals surface area contributed by atoms with Crippen molar-refractivity contribution in [1.29, 1.82) is 0 Å². The largest absolute Gasteiger partial charge is 0.393 e. The van der Waals surface area contributed by atoms with Crippen LogP contribution >= 0.6 is 0 Å². The van der Waals surface area contributed by atoms with Gasteiger partial charge in [0.15, 0.2) is 0 Å². The molecule has 0 atom stereocenters. The number of anilines is 1. The van der Waals surface area contributed by atoms with Gasteiger partial charge in [-0.25, -0.2) is 4.98 Å². The lowest BCUT2D eigenvalue weighted by atomic mass is 9.93. The van der Waals surface area contributed by atoms with E-state index in [-0.39, 0.29) is 23.9 Å². The Bertz CT molecular complexity index is 788. The molecule has 1 saturated heterocycles. The van der Waals surface area contributed by atoms with E-state index in [1.807, 2.05) is 13.0 Å². The van der Waals surface area contributed by atoms with Gasteiger partial charge in [-0.15, -0.1) is 0 Å². The van der Waals surface area contributed by atoms with Gasteiger partial charge in [-0.2, -0.15) is 0 Å². The lowest BCUT2D eigenvalue weighted by molar-refractivity contribution is 0.0868. The first-order chi connectivity index (χ1) is 14.4. The van der Waals surface area contributed by atoms with Gasteiger partial charge in [-0.05, 0) is 82.7 Å². The Morgan fingerprint density at radius 1 is 1.20 bits per heavy atom. The van der Waals surface area contributed by atoms with E-state index < -0.39 is 0 Å². The third kappa shape index (κ3) is 6.41. The van der Waals surface area contributed by atoms with Crippen LogP contribution in [0.3, 0.4) is 0 Å². The molecule has 164 valence electrons. The summed E-state index contributed by atoms with van der Waals surface area (Å²) in [5.74, 6) is 0.0598. The third-order valence-corrected chi connectivity index (χ3v) is 6.19. The predicted octanol–water partition coefficient (Wildman–Crippen LogP) is 3.53. The molecule has 30 heavy (non-hydrogen) atoms. The summed E-state index contributed by atoms with van der Waals surface area (Å²) in [5.41, 5.74) is 9.69. The molecule has 6 nitrogen and oxygen atoms in total. The quantitative estimate of drug-likeness (QED) is 0.622. The Kier molecular flexibility index (Phi) is 8.05. The van der Waals surface area contributed by atoms with Crippen molar-refractivity contribution in [3.63, 3.8) is 0 Å². The molecule has 0 unspecified atom stereocenters. The van der Waals surface area contributed by atoms with Crippen LogP contribution in [0.4, 0.5) is 5.82 Å². The Balaban J connectivity index is 1.64. The second-order valence-electron chi connectivity index (χ2n) is 8.84. The van der Waals surface area contributed by atoms with Gasteiger partial charge in [0.1, 0.15) is 5.82 Å². The normalized spacial score (nSPS) is 24.0. The molecule has 0 aromatic carbocycles. The zero-order valence-corrected chi connectivity index (χ0v) is 18.4. The minimum atomic E-state index is -0.243. The van der Waals surface area contributed by atoms with Gasteiger partial charge in [0.25, 0.3) is 5.91 Å². The van der Waals surface area contributed by atoms with Crippen LogP contribution in [-0.2, 0) is 0 Å². The predicted molar refractivity (Wildman–Crippen MR) is 122 cm³/mol. The molecular formula is C24H36N4O2. The maximum absolute atomic E-state index is 12.7. The molecule has 1 saturated carbocycles. The molecule has 2 heterocycles. The lowest BCUT2D eigenvalue weighted by Crippen LogP contribution is -2.38. The van der Waals surface area contributed by atoms with Crippen LogP contribution in [0.1, 0.15) is 74.7 Å². The first-order valence-electron chi connectivity index (χ1n) is 11.2. The number of pyridine rings is 1. The molecule has 6 heteroatoms. The number of aliphatic hydroxyl groups is 1. The average molecular weight is 413 g/mol. The van der Waals surface area contributed by atoms with E-state index in [1.54, 1.807) is 6.20 Å². The van der Waals surface area contributed by atoms with Gasteiger partial charge in [-0.1, -0.05) is 24.1 Å². The maximum Gasteiger partial charge on any atom is 0.255 e. The van der Waals surface area contributed by atoms with Crippen molar-refractivity contribution < 1.29 is 9.90 Å². The lowest BCUT2D eigenvalue weighted by Gasteiger charge is -2.26. The zero-order chi connectivity index (χ0) is 21.5. The van der Waals surface area contributed by atoms with Crippen molar-refractivity contribution in [3.8, 4) is 0 Å². The summed E-state index contributed by atoms with van der Waals surface area (Å²) >= 11 is 0. The van der Waals surface area contributed by atoms with Crippen LogP contribution in [0.5, 0.6) is 0 Å². The van der Waals surface area contributed by atoms with E-state index in [0.717, 1.165) is 43.4 Å². The number of aliphatic hydroxyl groups excluding tert-OH is 1. The molecule has 3 rings (SSSR count). The standard InChI is InChI=1S/C24H36N4O2/c1-17(16-28-12-4-3-5-13-28)6-7-18(2)19-14-22(23(25)26-15-19)24(30)27-20-8-10-21(29)11-9-20/h6-7,14-15,20-21,29H,3-5,8-13,16H2,1-2H3,(H2,25,26)(H,27,30)/b17-6+,18-7+/t20-,21-. The van der Waals surface area contributed by atoms with Crippen molar-refractivity contribution >= 4 is 17.3 Å². The summed E-state index contributed by atoms with van der Waals surface area (Å²) in [6.45, 7) is 7.58. The number of aromatic nitrogens is 1. The van der Waals surface area contributed by atoms with Crippen LogP contribution in [0.15, 0.2) is 30.0 Å². The summed E-state index contributed by atoms with van der Waals surface area (Å²) < 4.78 is 0. The van der Waals surface area contributed by atoms with Crippen LogP contribution in [0, 0.1) is 0 Å². The molecule has 1 aliphatic carbocycles. The Morgan fingerprint density at radius 2 is 1.90 bits per heavy atom. The van der Waals surface area contributed by atoms with Crippen molar-refractivity contribution in [1.82, 2.24) is 15.2 Å². The number of nitrogen functional groups attached to an aromatic ring is 1. The number of carbonyl (C=O) groups excluding carboxylic acids is 1. The van der Waals surface area contributed by atoms with Crippen molar-refractivity contribution in [2.75, 3.05) is 25.4 Å². The molecule has 1 amide bonds. The number of nitrogens with one attached hydrogen (secondary N) is 1. The molecular weight excluding hydrogens is 376 g/mol. The molecule has 1 aromatic heterocycles. The molecule has 2 aliphatic rings. The number of nitrogens with two attached hydrogens (primary N) is 1. The molecule has 4 N–H and O–H groups in total. The highest BCUT2D eigenvalue weighted by atomic mass is 16.3. The smallest absolute Gasteiger partial charge is 0.255 e. The van der Waals surface area contributed by atoms with Gasteiger partial charge >= 0.3 is 0 Å². The monoisotopic (exact) mass is 412 g/mol. The van der Waals surface area contributed by atoms with E-state index >= 15 is 0 Å². The number of piperidine rings is 1. The fraction of sp³-hybridized carbons (Fsp3) is 0.583. The van der Waals surface area contributed by atoms with Crippen LogP contribution in [0.25, 0.3) is 5.57 Å². The van der Waals surface area contributed by atoms with Gasteiger partial charge < -0.3 is 16.2 Å². The molecule has 1 aromatic rings. The van der Waals surface area contributed by atoms with Crippen molar-refractivity contribution in [2.45, 2.75) is 70.9 Å². The van der Waals surface area contributed by atoms with Crippen LogP contribution < -0.4 is 11.1 Å². The summed E-state index contributed by atoms with van der Waals surface area (Å²) in [4.78, 5) is 19.5. The van der Waals surface area contributed by atoms with Gasteiger partial charge in [0.05, 0.1) is 11.7 Å². The molecule has 1 aliphatic heterocycles. The number of allylic oxidation sites excluding steroid dienone is 3. The third-order valence-electron chi connectivity index (χ3n) is 6.19. The highest BCUT2D eigenvalue weighted by Crippen LogP contribution is 2.21. The summed E-state index contributed by atoms with van der Waals surface area (Å²) in [5, 5.41) is 12.7. The minimum Gasteiger partial charge on any atom is -0.393 e. The molecule has 2 fully saturated rings. The van der Waals surface area contributed by atoms with E-state index in [4.69, 9.17) is 5.73 Å². The number of hydrogen-bond donors (Lipinski definition) is 3. The highest BCUT2D eigenvalue weighted by Gasteiger charge is 2.22. The van der Waals surface area contributed by atoms with Gasteiger partial charge in [0, 0.05) is 18.8 Å². The average Bonchev–Trinajstić information content (AvgIpc) is 2.74. The number of carbonyl (C=O) groups is 1. The Hall–Kier alpha value is -2.18. The topological polar surface area (TPSA) is 91.5 Å². The van der Waals surface area contributed by atoms with E-state index in [0.29, 0.717) is 5.56 Å². The summed E-state index contributed by atoms with van der Waals surface area (Å²) in [6, 6.07) is 1.91. The summed E-state index contributed by atoms with van der Waals surface area (Å²) in [6.07, 6.45) is 12.7. The van der Waals surface area contributed by atoms with Crippen molar-refractivity contribution in [2.24, 2.45) is 0 Å². The van der Waals surface area contributed by atoms with Crippen LogP contribution in [0.2, 0.25) is 0 Å². The first kappa shape index (κ1) is 22.5. The number of nitrogens with zero attached hydrogens (tertiary/aromatic N) is 2. The number of hydrogen-bond acceptors (Lipinski definition) is 5. The zero-order valence-electron chi connectivity index (χ0n) is 18.4. The molecule has 0 bridgehead atoms. The number of rotatable bonds is 6. The minimum absolute atomic E-state index is 0.0842. The fourth-order valence-corrected chi connectivity index (χ4v) is 4.24. The number of amides is 1. The van der Waals surface area contributed by atoms with Crippen molar-refractivity contribution in [3.05, 3.63) is 41.1 Å². The SMILES string of the molecule is C/C(=C\C=C(/C)c1cnc(N)c(C(=O)N[C@H]2CC[C@H](O)CC2)c1)CN1CCCCC1. The second kappa shape index (κ2) is 10.7. The fourth-order valence-electron chi connectivity index (χ4n) is 4.24. The Morgan fingerprint density at radius 3 is 2.60 bits per heavy atom. The van der Waals surface area contributed by atoms with E-state index in [9.17, 15) is 9.90 Å². The second-order valence-corrected chi connectivity index (χ2v) is 8.84. The molecule has 0 radical (unpaired) electrons. The highest BCUT2D eigenvalue weighted by molar-refractivity contribution is 5.99.